The maximum absolute atomic E-state index is 12.8. The number of hydrogen-bond donors (Lipinski definition) is 1. The molecule has 0 aliphatic carbocycles. The van der Waals surface area contributed by atoms with Gasteiger partial charge in [-0.15, -0.1) is 0 Å². The van der Waals surface area contributed by atoms with Crippen LogP contribution >= 0.6 is 0 Å². The number of methoxy groups -OCH3 is 1. The molecule has 1 amide bonds. The van der Waals surface area contributed by atoms with E-state index in [2.05, 4.69) is 4.72 Å². The molecule has 0 atom stereocenters. The molecule has 144 valence electrons. The van der Waals surface area contributed by atoms with E-state index in [4.69, 9.17) is 9.47 Å². The Morgan fingerprint density at radius 1 is 1.11 bits per heavy atom. The van der Waals surface area contributed by atoms with Crippen molar-refractivity contribution in [2.24, 2.45) is 0 Å². The zero-order chi connectivity index (χ0) is 19.4. The molecule has 1 aliphatic rings. The maximum Gasteiger partial charge on any atom is 0.262 e. The van der Waals surface area contributed by atoms with Gasteiger partial charge in [0.25, 0.3) is 15.9 Å². The Hall–Kier alpha value is -2.58. The number of aryl methyl sites for hydroxylation is 1. The normalized spacial score (nSPS) is 14.7. The molecule has 0 unspecified atom stereocenters. The van der Waals surface area contributed by atoms with Gasteiger partial charge in [0.2, 0.25) is 0 Å². The molecule has 1 aliphatic heterocycles. The second-order valence-electron chi connectivity index (χ2n) is 6.22. The van der Waals surface area contributed by atoms with E-state index in [1.807, 2.05) is 0 Å². The minimum Gasteiger partial charge on any atom is -0.497 e. The van der Waals surface area contributed by atoms with Gasteiger partial charge in [0.1, 0.15) is 5.75 Å². The molecule has 7 nitrogen and oxygen atoms in total. The Labute approximate surface area is 158 Å². The molecule has 1 heterocycles. The van der Waals surface area contributed by atoms with Crippen LogP contribution in [0.15, 0.2) is 47.4 Å². The summed E-state index contributed by atoms with van der Waals surface area (Å²) < 4.78 is 38.6. The molecule has 2 aromatic carbocycles. The molecular weight excluding hydrogens is 368 g/mol. The van der Waals surface area contributed by atoms with Crippen molar-refractivity contribution in [3.63, 3.8) is 0 Å². The van der Waals surface area contributed by atoms with Gasteiger partial charge in [-0.3, -0.25) is 9.52 Å². The first-order valence-electron chi connectivity index (χ1n) is 8.55. The average Bonchev–Trinajstić information content (AvgIpc) is 2.68. The third-order valence-corrected chi connectivity index (χ3v) is 5.89. The van der Waals surface area contributed by atoms with E-state index < -0.39 is 10.0 Å². The van der Waals surface area contributed by atoms with Crippen molar-refractivity contribution in [3.05, 3.63) is 53.6 Å². The van der Waals surface area contributed by atoms with Crippen molar-refractivity contribution in [2.45, 2.75) is 11.8 Å². The fourth-order valence-electron chi connectivity index (χ4n) is 2.84. The molecule has 0 bridgehead atoms. The number of carbonyl (C=O) groups excluding carboxylic acids is 1. The maximum atomic E-state index is 12.8. The topological polar surface area (TPSA) is 84.9 Å². The van der Waals surface area contributed by atoms with E-state index in [1.54, 1.807) is 55.3 Å². The minimum absolute atomic E-state index is 0.0810. The molecule has 0 radical (unpaired) electrons. The van der Waals surface area contributed by atoms with Crippen LogP contribution in [-0.4, -0.2) is 52.6 Å². The van der Waals surface area contributed by atoms with Crippen molar-refractivity contribution in [3.8, 4) is 5.75 Å². The Kier molecular flexibility index (Phi) is 5.67. The quantitative estimate of drug-likeness (QED) is 0.847. The summed E-state index contributed by atoms with van der Waals surface area (Å²) in [6.07, 6.45) is 0. The van der Waals surface area contributed by atoms with Crippen molar-refractivity contribution >= 4 is 21.6 Å². The molecule has 0 saturated carbocycles. The number of anilines is 1. The van der Waals surface area contributed by atoms with E-state index in [1.165, 1.54) is 6.07 Å². The van der Waals surface area contributed by atoms with E-state index >= 15 is 0 Å². The van der Waals surface area contributed by atoms with Crippen LogP contribution in [0.2, 0.25) is 0 Å². The number of benzene rings is 2. The largest absolute Gasteiger partial charge is 0.497 e. The Morgan fingerprint density at radius 3 is 2.41 bits per heavy atom. The molecule has 3 rings (SSSR count). The summed E-state index contributed by atoms with van der Waals surface area (Å²) in [5.41, 5.74) is 1.33. The van der Waals surface area contributed by atoms with Gasteiger partial charge in [0.05, 0.1) is 25.2 Å². The lowest BCUT2D eigenvalue weighted by molar-refractivity contribution is 0.0302. The predicted molar refractivity (Wildman–Crippen MR) is 102 cm³/mol. The number of morpholine rings is 1. The summed E-state index contributed by atoms with van der Waals surface area (Å²) in [4.78, 5) is 14.4. The smallest absolute Gasteiger partial charge is 0.262 e. The summed E-state index contributed by atoms with van der Waals surface area (Å²) in [6, 6.07) is 11.3. The minimum atomic E-state index is -3.84. The van der Waals surface area contributed by atoms with Gasteiger partial charge < -0.3 is 14.4 Å². The highest BCUT2D eigenvalue weighted by Crippen LogP contribution is 2.23. The highest BCUT2D eigenvalue weighted by molar-refractivity contribution is 7.92. The second-order valence-corrected chi connectivity index (χ2v) is 7.87. The first kappa shape index (κ1) is 19.2. The van der Waals surface area contributed by atoms with Crippen molar-refractivity contribution in [2.75, 3.05) is 38.1 Å². The van der Waals surface area contributed by atoms with Gasteiger partial charge in [-0.05, 0) is 48.9 Å². The van der Waals surface area contributed by atoms with Crippen LogP contribution in [0.1, 0.15) is 15.9 Å². The van der Waals surface area contributed by atoms with Gasteiger partial charge >= 0.3 is 0 Å². The number of ether oxygens (including phenoxy) is 2. The summed E-state index contributed by atoms with van der Waals surface area (Å²) in [6.45, 7) is 3.67. The number of rotatable bonds is 5. The van der Waals surface area contributed by atoms with Crippen LogP contribution in [0.5, 0.6) is 5.75 Å². The standard InChI is InChI=1S/C19H22N2O5S/c1-14-3-4-15(19(22)21-9-11-26-12-10-21)13-18(14)27(23,24)20-16-5-7-17(25-2)8-6-16/h3-8,13,20H,9-12H2,1-2H3. The van der Waals surface area contributed by atoms with Crippen LogP contribution in [0.3, 0.4) is 0 Å². The molecule has 1 fully saturated rings. The lowest BCUT2D eigenvalue weighted by atomic mass is 10.1. The monoisotopic (exact) mass is 390 g/mol. The number of nitrogens with one attached hydrogen (secondary N) is 1. The van der Waals surface area contributed by atoms with Crippen LogP contribution < -0.4 is 9.46 Å². The lowest BCUT2D eigenvalue weighted by Gasteiger charge is -2.27. The predicted octanol–water partition coefficient (Wildman–Crippen LogP) is 2.28. The molecular formula is C19H22N2O5S. The van der Waals surface area contributed by atoms with E-state index in [-0.39, 0.29) is 10.8 Å². The summed E-state index contributed by atoms with van der Waals surface area (Å²) in [7, 11) is -2.30. The van der Waals surface area contributed by atoms with Crippen LogP contribution in [0.4, 0.5) is 5.69 Å². The lowest BCUT2D eigenvalue weighted by Crippen LogP contribution is -2.40. The average molecular weight is 390 g/mol. The summed E-state index contributed by atoms with van der Waals surface area (Å²) in [5, 5.41) is 0. The van der Waals surface area contributed by atoms with Gasteiger partial charge in [-0.25, -0.2) is 8.42 Å². The van der Waals surface area contributed by atoms with Crippen molar-refractivity contribution < 1.29 is 22.7 Å². The van der Waals surface area contributed by atoms with Gasteiger partial charge in [-0.2, -0.15) is 0 Å². The van der Waals surface area contributed by atoms with Gasteiger partial charge in [-0.1, -0.05) is 6.07 Å². The number of nitrogens with zero attached hydrogens (tertiary/aromatic N) is 1. The van der Waals surface area contributed by atoms with Gasteiger partial charge in [0, 0.05) is 24.3 Å². The molecule has 1 saturated heterocycles. The Balaban J connectivity index is 1.86. The summed E-state index contributed by atoms with van der Waals surface area (Å²) >= 11 is 0. The van der Waals surface area contributed by atoms with Gasteiger partial charge in [0.15, 0.2) is 0 Å². The fraction of sp³-hybridized carbons (Fsp3) is 0.316. The van der Waals surface area contributed by atoms with Crippen LogP contribution in [-0.2, 0) is 14.8 Å². The number of sulfonamides is 1. The first-order valence-corrected chi connectivity index (χ1v) is 10.0. The number of hydrogen-bond acceptors (Lipinski definition) is 5. The first-order chi connectivity index (χ1) is 12.9. The molecule has 8 heteroatoms. The number of carbonyl (C=O) groups is 1. The Bertz CT molecular complexity index is 920. The second kappa shape index (κ2) is 7.98. The highest BCUT2D eigenvalue weighted by Gasteiger charge is 2.23. The van der Waals surface area contributed by atoms with Crippen molar-refractivity contribution in [1.82, 2.24) is 4.90 Å². The van der Waals surface area contributed by atoms with Crippen LogP contribution in [0.25, 0.3) is 0 Å². The van der Waals surface area contributed by atoms with E-state index in [0.717, 1.165) is 0 Å². The molecule has 1 N–H and O–H groups in total. The summed E-state index contributed by atoms with van der Waals surface area (Å²) in [5.74, 6) is 0.437. The number of amides is 1. The van der Waals surface area contributed by atoms with E-state index in [9.17, 15) is 13.2 Å². The third-order valence-electron chi connectivity index (χ3n) is 4.37. The van der Waals surface area contributed by atoms with Crippen LogP contribution in [0, 0.1) is 6.92 Å². The molecule has 0 aromatic heterocycles. The highest BCUT2D eigenvalue weighted by atomic mass is 32.2. The molecule has 2 aromatic rings. The SMILES string of the molecule is COc1ccc(NS(=O)(=O)c2cc(C(=O)N3CCOCC3)ccc2C)cc1. The molecule has 0 spiro atoms. The third kappa shape index (κ3) is 4.40. The fourth-order valence-corrected chi connectivity index (χ4v) is 4.17. The Morgan fingerprint density at radius 2 is 1.78 bits per heavy atom. The zero-order valence-corrected chi connectivity index (χ0v) is 16.1. The van der Waals surface area contributed by atoms with E-state index in [0.29, 0.717) is 48.9 Å². The zero-order valence-electron chi connectivity index (χ0n) is 15.3. The molecule has 27 heavy (non-hydrogen) atoms. The van der Waals surface area contributed by atoms with Crippen molar-refractivity contribution in [1.29, 1.82) is 0 Å².